The highest BCUT2D eigenvalue weighted by atomic mass is 19.3. The Kier molecular flexibility index (Phi) is 3.02. The van der Waals surface area contributed by atoms with Crippen molar-refractivity contribution in [2.75, 3.05) is 0 Å². The van der Waals surface area contributed by atoms with Gasteiger partial charge >= 0.3 is 0 Å². The number of hydrogen-bond acceptors (Lipinski definition) is 2. The van der Waals surface area contributed by atoms with Crippen LogP contribution in [0.15, 0.2) is 4.79 Å². The molecule has 1 aromatic heterocycles. The smallest absolute Gasteiger partial charge is 0.254 e. The molecule has 0 radical (unpaired) electrons. The first-order valence-electron chi connectivity index (χ1n) is 5.84. The molecule has 1 N–H and O–H groups in total. The maximum atomic E-state index is 13.3. The number of nitrogens with zero attached hydrogens (tertiary/aromatic N) is 1. The third-order valence-electron chi connectivity index (χ3n) is 3.44. The average molecular weight is 242 g/mol. The van der Waals surface area contributed by atoms with Crippen molar-refractivity contribution in [3.63, 3.8) is 0 Å². The Morgan fingerprint density at radius 2 is 2.12 bits per heavy atom. The van der Waals surface area contributed by atoms with E-state index in [0.29, 0.717) is 29.9 Å². The lowest BCUT2D eigenvalue weighted by atomic mass is 9.86. The van der Waals surface area contributed by atoms with Crippen molar-refractivity contribution in [3.8, 4) is 0 Å². The molecule has 0 bridgehead atoms. The van der Waals surface area contributed by atoms with Gasteiger partial charge < -0.3 is 4.98 Å². The van der Waals surface area contributed by atoms with Crippen molar-refractivity contribution in [2.45, 2.75) is 51.4 Å². The predicted octanol–water partition coefficient (Wildman–Crippen LogP) is 2.68. The molecule has 1 aliphatic carbocycles. The minimum absolute atomic E-state index is 0.0570. The van der Waals surface area contributed by atoms with Crippen molar-refractivity contribution < 1.29 is 8.78 Å². The number of halogens is 2. The first kappa shape index (κ1) is 12.2. The molecule has 2 rings (SSSR count). The lowest BCUT2D eigenvalue weighted by molar-refractivity contribution is -0.0417. The normalized spacial score (nSPS) is 23.6. The Bertz CT molecular complexity index is 482. The highest BCUT2D eigenvalue weighted by molar-refractivity contribution is 5.16. The number of aromatic amines is 1. The van der Waals surface area contributed by atoms with Crippen LogP contribution in [0.3, 0.4) is 0 Å². The van der Waals surface area contributed by atoms with Gasteiger partial charge in [0.15, 0.2) is 0 Å². The minimum atomic E-state index is -2.62. The van der Waals surface area contributed by atoms with E-state index in [2.05, 4.69) is 9.97 Å². The van der Waals surface area contributed by atoms with Gasteiger partial charge in [-0.25, -0.2) is 13.8 Å². The SMILES string of the molecule is Cc1nc([C@H]2CCCC(F)(F)C2)[nH]c(=O)c1C. The molecule has 0 aromatic carbocycles. The summed E-state index contributed by atoms with van der Waals surface area (Å²) in [7, 11) is 0. The van der Waals surface area contributed by atoms with Gasteiger partial charge in [-0.3, -0.25) is 4.79 Å². The lowest BCUT2D eigenvalue weighted by Gasteiger charge is -2.28. The van der Waals surface area contributed by atoms with Gasteiger partial charge in [-0.2, -0.15) is 0 Å². The zero-order chi connectivity index (χ0) is 12.6. The number of alkyl halides is 2. The van der Waals surface area contributed by atoms with E-state index in [1.807, 2.05) is 0 Å². The zero-order valence-electron chi connectivity index (χ0n) is 10.0. The Hall–Kier alpha value is -1.26. The molecule has 0 spiro atoms. The molecule has 1 atom stereocenters. The maximum Gasteiger partial charge on any atom is 0.254 e. The van der Waals surface area contributed by atoms with Crippen molar-refractivity contribution in [3.05, 3.63) is 27.4 Å². The van der Waals surface area contributed by atoms with Crippen LogP contribution in [0, 0.1) is 13.8 Å². The van der Waals surface area contributed by atoms with E-state index < -0.39 is 5.92 Å². The van der Waals surface area contributed by atoms with Crippen molar-refractivity contribution >= 4 is 0 Å². The number of hydrogen-bond donors (Lipinski definition) is 1. The molecule has 0 amide bonds. The topological polar surface area (TPSA) is 45.8 Å². The second-order valence-corrected chi connectivity index (χ2v) is 4.81. The summed E-state index contributed by atoms with van der Waals surface area (Å²) in [4.78, 5) is 18.4. The largest absolute Gasteiger partial charge is 0.310 e. The highest BCUT2D eigenvalue weighted by Gasteiger charge is 2.37. The first-order valence-corrected chi connectivity index (χ1v) is 5.84. The molecular weight excluding hydrogens is 226 g/mol. The van der Waals surface area contributed by atoms with E-state index in [9.17, 15) is 13.6 Å². The van der Waals surface area contributed by atoms with Crippen LogP contribution >= 0.6 is 0 Å². The van der Waals surface area contributed by atoms with E-state index in [1.165, 1.54) is 0 Å². The van der Waals surface area contributed by atoms with Crippen LogP contribution in [0.2, 0.25) is 0 Å². The Morgan fingerprint density at radius 1 is 1.41 bits per heavy atom. The third kappa shape index (κ3) is 2.53. The van der Waals surface area contributed by atoms with Gasteiger partial charge in [0, 0.05) is 30.0 Å². The highest BCUT2D eigenvalue weighted by Crippen LogP contribution is 2.40. The lowest BCUT2D eigenvalue weighted by Crippen LogP contribution is -2.28. The van der Waals surface area contributed by atoms with E-state index >= 15 is 0 Å². The van der Waals surface area contributed by atoms with Gasteiger partial charge in [-0.1, -0.05) is 0 Å². The number of rotatable bonds is 1. The summed E-state index contributed by atoms with van der Waals surface area (Å²) in [6.07, 6.45) is 0.881. The average Bonchev–Trinajstić information content (AvgIpc) is 2.23. The van der Waals surface area contributed by atoms with Crippen LogP contribution in [-0.4, -0.2) is 15.9 Å². The third-order valence-corrected chi connectivity index (χ3v) is 3.44. The molecule has 1 fully saturated rings. The molecule has 1 aromatic rings. The summed E-state index contributed by atoms with van der Waals surface area (Å²) in [5.41, 5.74) is 0.954. The van der Waals surface area contributed by atoms with Crippen LogP contribution in [0.25, 0.3) is 0 Å². The van der Waals surface area contributed by atoms with Crippen LogP contribution in [0.1, 0.15) is 48.7 Å². The fourth-order valence-electron chi connectivity index (χ4n) is 2.27. The van der Waals surface area contributed by atoms with Gasteiger partial charge in [0.2, 0.25) is 5.92 Å². The van der Waals surface area contributed by atoms with Gasteiger partial charge in [0.05, 0.1) is 0 Å². The molecule has 0 saturated heterocycles. The van der Waals surface area contributed by atoms with Gasteiger partial charge in [0.1, 0.15) is 5.82 Å². The number of nitrogens with one attached hydrogen (secondary N) is 1. The number of aromatic nitrogens is 2. The van der Waals surface area contributed by atoms with Crippen LogP contribution in [0.4, 0.5) is 8.78 Å². The standard InChI is InChI=1S/C12H16F2N2O/c1-7-8(2)15-10(16-11(7)17)9-4-3-5-12(13,14)6-9/h9H,3-6H2,1-2H3,(H,15,16,17)/t9-/m0/s1. The summed E-state index contributed by atoms with van der Waals surface area (Å²) < 4.78 is 26.6. The summed E-state index contributed by atoms with van der Waals surface area (Å²) >= 11 is 0. The van der Waals surface area contributed by atoms with Crippen molar-refractivity contribution in [1.29, 1.82) is 0 Å². The summed E-state index contributed by atoms with van der Waals surface area (Å²) in [5.74, 6) is -2.54. The Morgan fingerprint density at radius 3 is 2.71 bits per heavy atom. The second-order valence-electron chi connectivity index (χ2n) is 4.81. The number of aryl methyl sites for hydroxylation is 1. The molecule has 1 saturated carbocycles. The molecule has 5 heteroatoms. The minimum Gasteiger partial charge on any atom is -0.310 e. The van der Waals surface area contributed by atoms with Crippen LogP contribution in [-0.2, 0) is 0 Å². The van der Waals surface area contributed by atoms with Gasteiger partial charge in [-0.05, 0) is 26.7 Å². The molecular formula is C12H16F2N2O. The van der Waals surface area contributed by atoms with E-state index in [0.717, 1.165) is 0 Å². The predicted molar refractivity (Wildman–Crippen MR) is 60.5 cm³/mol. The van der Waals surface area contributed by atoms with Crippen LogP contribution < -0.4 is 5.56 Å². The second kappa shape index (κ2) is 4.20. The molecule has 94 valence electrons. The fourth-order valence-corrected chi connectivity index (χ4v) is 2.27. The quantitative estimate of drug-likeness (QED) is 0.823. The van der Waals surface area contributed by atoms with Crippen LogP contribution in [0.5, 0.6) is 0 Å². The van der Waals surface area contributed by atoms with Gasteiger partial charge in [0.25, 0.3) is 5.56 Å². The molecule has 1 heterocycles. The Balaban J connectivity index is 2.31. The Labute approximate surface area is 98.3 Å². The zero-order valence-corrected chi connectivity index (χ0v) is 10.0. The molecule has 17 heavy (non-hydrogen) atoms. The summed E-state index contributed by atoms with van der Waals surface area (Å²) in [6, 6.07) is 0. The van der Waals surface area contributed by atoms with Crippen molar-refractivity contribution in [2.24, 2.45) is 0 Å². The van der Waals surface area contributed by atoms with Gasteiger partial charge in [-0.15, -0.1) is 0 Å². The van der Waals surface area contributed by atoms with E-state index in [4.69, 9.17) is 0 Å². The van der Waals surface area contributed by atoms with E-state index in [1.54, 1.807) is 13.8 Å². The van der Waals surface area contributed by atoms with E-state index in [-0.39, 0.29) is 24.3 Å². The number of H-pyrrole nitrogens is 1. The molecule has 0 unspecified atom stereocenters. The fraction of sp³-hybridized carbons (Fsp3) is 0.667. The molecule has 3 nitrogen and oxygen atoms in total. The monoisotopic (exact) mass is 242 g/mol. The summed E-state index contributed by atoms with van der Waals surface area (Å²) in [5, 5.41) is 0. The van der Waals surface area contributed by atoms with Crippen molar-refractivity contribution in [1.82, 2.24) is 9.97 Å². The molecule has 1 aliphatic rings. The first-order chi connectivity index (χ1) is 7.89. The molecule has 0 aliphatic heterocycles. The maximum absolute atomic E-state index is 13.3. The summed E-state index contributed by atoms with van der Waals surface area (Å²) in [6.45, 7) is 3.41.